The first-order valence-corrected chi connectivity index (χ1v) is 10.2. The zero-order valence-electron chi connectivity index (χ0n) is 17.7. The average molecular weight is 432 g/mol. The molecule has 7 nitrogen and oxygen atoms in total. The predicted molar refractivity (Wildman–Crippen MR) is 114 cm³/mol. The van der Waals surface area contributed by atoms with Crippen molar-refractivity contribution in [2.45, 2.75) is 53.4 Å². The van der Waals surface area contributed by atoms with Gasteiger partial charge in [-0.05, 0) is 62.9 Å². The molecule has 0 aliphatic rings. The number of benzene rings is 1. The van der Waals surface area contributed by atoms with Gasteiger partial charge in [0.15, 0.2) is 0 Å². The van der Waals surface area contributed by atoms with Crippen molar-refractivity contribution in [1.82, 2.24) is 15.1 Å². The van der Waals surface area contributed by atoms with Crippen LogP contribution in [-0.4, -0.2) is 37.7 Å². The Morgan fingerprint density at radius 3 is 2.40 bits per heavy atom. The van der Waals surface area contributed by atoms with Crippen LogP contribution in [-0.2, 0) is 6.42 Å². The average Bonchev–Trinajstić information content (AvgIpc) is 3.13. The molecule has 30 heavy (non-hydrogen) atoms. The fraction of sp³-hybridized carbons (Fsp3) is 0.409. The van der Waals surface area contributed by atoms with E-state index in [2.05, 4.69) is 29.0 Å². The van der Waals surface area contributed by atoms with Crippen LogP contribution in [0.1, 0.15) is 37.7 Å². The van der Waals surface area contributed by atoms with Gasteiger partial charge in [0.05, 0.1) is 5.02 Å². The maximum absolute atomic E-state index is 9.77. The van der Waals surface area contributed by atoms with E-state index in [4.69, 9.17) is 20.9 Å². The second-order valence-corrected chi connectivity index (χ2v) is 8.27. The van der Waals surface area contributed by atoms with Crippen molar-refractivity contribution < 1.29 is 19.5 Å². The van der Waals surface area contributed by atoms with E-state index < -0.39 is 12.4 Å². The van der Waals surface area contributed by atoms with E-state index in [0.717, 1.165) is 23.4 Å². The third-order valence-electron chi connectivity index (χ3n) is 4.44. The number of nitrogens with zero attached hydrogens (tertiary/aromatic N) is 3. The third kappa shape index (κ3) is 5.16. The molecule has 0 saturated carbocycles. The highest BCUT2D eigenvalue weighted by Crippen LogP contribution is 2.34. The van der Waals surface area contributed by atoms with E-state index in [9.17, 15) is 10.2 Å². The first-order chi connectivity index (χ1) is 14.1. The molecule has 0 aliphatic heterocycles. The molecule has 0 fully saturated rings. The van der Waals surface area contributed by atoms with E-state index in [0.29, 0.717) is 34.5 Å². The zero-order valence-corrected chi connectivity index (χ0v) is 18.4. The van der Waals surface area contributed by atoms with E-state index in [1.165, 1.54) is 6.92 Å². The molecule has 2 N–H and O–H groups in total. The van der Waals surface area contributed by atoms with Crippen LogP contribution >= 0.6 is 11.6 Å². The number of hydrogen-bond acceptors (Lipinski definition) is 7. The largest absolute Gasteiger partial charge is 0.460 e. The van der Waals surface area contributed by atoms with Crippen LogP contribution in [0.15, 0.2) is 28.8 Å². The molecule has 8 heteroatoms. The molecule has 160 valence electrons. The zero-order chi connectivity index (χ0) is 22.0. The van der Waals surface area contributed by atoms with Gasteiger partial charge in [0.25, 0.3) is 5.89 Å². The van der Waals surface area contributed by atoms with Crippen molar-refractivity contribution >= 4 is 11.6 Å². The summed E-state index contributed by atoms with van der Waals surface area (Å²) < 4.78 is 10.9. The van der Waals surface area contributed by atoms with Crippen molar-refractivity contribution in [3.05, 3.63) is 46.2 Å². The van der Waals surface area contributed by atoms with E-state index in [1.807, 2.05) is 19.1 Å². The highest BCUT2D eigenvalue weighted by molar-refractivity contribution is 6.32. The Labute approximate surface area is 180 Å². The lowest BCUT2D eigenvalue weighted by Crippen LogP contribution is -2.29. The summed E-state index contributed by atoms with van der Waals surface area (Å²) in [5, 5.41) is 23.6. The third-order valence-corrected chi connectivity index (χ3v) is 4.72. The van der Waals surface area contributed by atoms with Gasteiger partial charge in [0, 0.05) is 22.5 Å². The molecule has 0 radical (unpaired) electrons. The van der Waals surface area contributed by atoms with Crippen molar-refractivity contribution in [1.29, 1.82) is 0 Å². The van der Waals surface area contributed by atoms with Crippen LogP contribution in [0.3, 0.4) is 0 Å². The van der Waals surface area contributed by atoms with Crippen LogP contribution in [0.5, 0.6) is 5.75 Å². The van der Waals surface area contributed by atoms with Crippen molar-refractivity contribution in [3.8, 4) is 28.6 Å². The number of aromatic nitrogens is 3. The van der Waals surface area contributed by atoms with Gasteiger partial charge >= 0.3 is 0 Å². The Balaban J connectivity index is 1.90. The molecule has 2 aromatic heterocycles. The summed E-state index contributed by atoms with van der Waals surface area (Å²) in [6.07, 6.45) is -1.56. The Morgan fingerprint density at radius 2 is 1.77 bits per heavy atom. The lowest BCUT2D eigenvalue weighted by Gasteiger charge is -2.18. The lowest BCUT2D eigenvalue weighted by molar-refractivity contribution is -0.0961. The molecule has 3 rings (SSSR count). The highest BCUT2D eigenvalue weighted by Gasteiger charge is 2.19. The van der Waals surface area contributed by atoms with Gasteiger partial charge in [-0.1, -0.05) is 30.6 Å². The normalized spacial score (nSPS) is 13.5. The number of aliphatic hydroxyl groups is 2. The van der Waals surface area contributed by atoms with Gasteiger partial charge in [-0.25, -0.2) is 0 Å². The van der Waals surface area contributed by atoms with Crippen LogP contribution in [0.25, 0.3) is 22.8 Å². The molecule has 2 atom stereocenters. The molecule has 2 heterocycles. The minimum Gasteiger partial charge on any atom is -0.460 e. The maximum atomic E-state index is 9.77. The molecule has 0 bridgehead atoms. The van der Waals surface area contributed by atoms with Crippen LogP contribution in [0, 0.1) is 19.8 Å². The molecule has 1 aromatic carbocycles. The standard InChI is InChI=1S/C22H26ClN3O4/c1-11(2)6-17-9-16(8-13(4)24-17)21-25-20(26-30-21)15-7-12(3)19(18(23)10-15)29-22(28)14(5)27/h7-11,14,22,27-28H,6H2,1-5H3. The van der Waals surface area contributed by atoms with Crippen molar-refractivity contribution in [2.24, 2.45) is 5.92 Å². The molecule has 0 saturated heterocycles. The second kappa shape index (κ2) is 9.12. The minimum absolute atomic E-state index is 0.273. The van der Waals surface area contributed by atoms with Gasteiger partial charge in [-0.2, -0.15) is 4.98 Å². The van der Waals surface area contributed by atoms with Crippen molar-refractivity contribution in [3.63, 3.8) is 0 Å². The highest BCUT2D eigenvalue weighted by atomic mass is 35.5. The number of aliphatic hydroxyl groups excluding tert-OH is 2. The Morgan fingerprint density at radius 1 is 1.03 bits per heavy atom. The summed E-state index contributed by atoms with van der Waals surface area (Å²) in [5.41, 5.74) is 4.01. The molecule has 0 aliphatic carbocycles. The number of pyridine rings is 1. The number of aryl methyl sites for hydroxylation is 2. The van der Waals surface area contributed by atoms with E-state index in [-0.39, 0.29) is 5.02 Å². The summed E-state index contributed by atoms with van der Waals surface area (Å²) in [6, 6.07) is 7.30. The van der Waals surface area contributed by atoms with Gasteiger partial charge in [-0.15, -0.1) is 0 Å². The van der Waals surface area contributed by atoms with Gasteiger partial charge in [0.2, 0.25) is 12.1 Å². The smallest absolute Gasteiger partial charge is 0.258 e. The fourth-order valence-corrected chi connectivity index (χ4v) is 3.38. The van der Waals surface area contributed by atoms with Crippen LogP contribution in [0.4, 0.5) is 0 Å². The predicted octanol–water partition coefficient (Wildman–Crippen LogP) is 4.35. The molecular weight excluding hydrogens is 406 g/mol. The molecule has 2 unspecified atom stereocenters. The van der Waals surface area contributed by atoms with E-state index in [1.54, 1.807) is 19.1 Å². The molecular formula is C22H26ClN3O4. The SMILES string of the molecule is Cc1cc(-c2nc(-c3cc(C)c(OC(O)C(C)O)c(Cl)c3)no2)cc(CC(C)C)n1. The van der Waals surface area contributed by atoms with E-state index >= 15 is 0 Å². The molecule has 0 spiro atoms. The number of rotatable bonds is 7. The summed E-state index contributed by atoms with van der Waals surface area (Å²) >= 11 is 6.33. The minimum atomic E-state index is -1.38. The van der Waals surface area contributed by atoms with Crippen molar-refractivity contribution in [2.75, 3.05) is 0 Å². The fourth-order valence-electron chi connectivity index (χ4n) is 3.07. The number of halogens is 1. The molecule has 3 aromatic rings. The van der Waals surface area contributed by atoms with Gasteiger partial charge in [-0.3, -0.25) is 4.98 Å². The number of ether oxygens (including phenoxy) is 1. The topological polar surface area (TPSA) is 102 Å². The Hall–Kier alpha value is -2.48. The monoisotopic (exact) mass is 431 g/mol. The second-order valence-electron chi connectivity index (χ2n) is 7.86. The summed E-state index contributed by atoms with van der Waals surface area (Å²) in [5.74, 6) is 1.57. The summed E-state index contributed by atoms with van der Waals surface area (Å²) in [6.45, 7) is 9.44. The quantitative estimate of drug-likeness (QED) is 0.536. The molecule has 0 amide bonds. The van der Waals surface area contributed by atoms with Crippen LogP contribution < -0.4 is 4.74 Å². The first kappa shape index (κ1) is 22.2. The summed E-state index contributed by atoms with van der Waals surface area (Å²) in [4.78, 5) is 9.09. The Bertz CT molecular complexity index is 1010. The summed E-state index contributed by atoms with van der Waals surface area (Å²) in [7, 11) is 0. The maximum Gasteiger partial charge on any atom is 0.258 e. The van der Waals surface area contributed by atoms with Gasteiger partial charge < -0.3 is 19.5 Å². The van der Waals surface area contributed by atoms with Gasteiger partial charge in [0.1, 0.15) is 11.9 Å². The van der Waals surface area contributed by atoms with Crippen LogP contribution in [0.2, 0.25) is 5.02 Å². The first-order valence-electron chi connectivity index (χ1n) is 9.79. The Kier molecular flexibility index (Phi) is 6.75. The lowest BCUT2D eigenvalue weighted by atomic mass is 10.1. The number of hydrogen-bond donors (Lipinski definition) is 2.